The minimum atomic E-state index is -0.0409. The third-order valence-corrected chi connectivity index (χ3v) is 5.99. The van der Waals surface area contributed by atoms with Crippen molar-refractivity contribution in [2.24, 2.45) is 0 Å². The lowest BCUT2D eigenvalue weighted by molar-refractivity contribution is 0.0948. The van der Waals surface area contributed by atoms with E-state index in [9.17, 15) is 4.79 Å². The average molecular weight is 415 g/mol. The Kier molecular flexibility index (Phi) is 6.73. The predicted octanol–water partition coefficient (Wildman–Crippen LogP) is 4.40. The molecule has 0 saturated carbocycles. The summed E-state index contributed by atoms with van der Waals surface area (Å²) in [6.45, 7) is 7.50. The second-order valence-corrected chi connectivity index (χ2v) is 8.47. The van der Waals surface area contributed by atoms with E-state index in [1.165, 1.54) is 11.1 Å². The first kappa shape index (κ1) is 21.2. The van der Waals surface area contributed by atoms with Crippen molar-refractivity contribution in [1.29, 1.82) is 0 Å². The highest BCUT2D eigenvalue weighted by molar-refractivity contribution is 5.95. The molecular formula is C26H30N4O. The van der Waals surface area contributed by atoms with Gasteiger partial charge in [-0.1, -0.05) is 35.9 Å². The number of hydrogen-bond acceptors (Lipinski definition) is 4. The molecule has 1 aromatic carbocycles. The number of nitrogens with zero attached hydrogens (tertiary/aromatic N) is 3. The highest BCUT2D eigenvalue weighted by atomic mass is 16.1. The summed E-state index contributed by atoms with van der Waals surface area (Å²) in [6.07, 6.45) is 5.76. The molecule has 0 unspecified atom stereocenters. The number of hydrogen-bond donors (Lipinski definition) is 1. The van der Waals surface area contributed by atoms with Crippen molar-refractivity contribution in [3.63, 3.8) is 0 Å². The fourth-order valence-corrected chi connectivity index (χ4v) is 4.18. The first-order valence-corrected chi connectivity index (χ1v) is 11.0. The van der Waals surface area contributed by atoms with Gasteiger partial charge in [0.2, 0.25) is 0 Å². The number of aryl methyl sites for hydroxylation is 2. The molecule has 0 aliphatic carbocycles. The minimum absolute atomic E-state index is 0.0409. The number of piperidine rings is 1. The molecule has 5 nitrogen and oxygen atoms in total. The highest BCUT2D eigenvalue weighted by Gasteiger charge is 2.26. The van der Waals surface area contributed by atoms with E-state index in [4.69, 9.17) is 4.98 Å². The molecule has 4 rings (SSSR count). The molecule has 0 radical (unpaired) electrons. The second-order valence-electron chi connectivity index (χ2n) is 8.47. The van der Waals surface area contributed by atoms with Crippen LogP contribution in [0.2, 0.25) is 0 Å². The van der Waals surface area contributed by atoms with Gasteiger partial charge >= 0.3 is 0 Å². The number of benzene rings is 1. The molecule has 3 aromatic rings. The van der Waals surface area contributed by atoms with E-state index in [1.807, 2.05) is 37.5 Å². The van der Waals surface area contributed by atoms with Crippen molar-refractivity contribution in [2.75, 3.05) is 13.1 Å². The van der Waals surface area contributed by atoms with Crippen molar-refractivity contribution >= 4 is 5.91 Å². The van der Waals surface area contributed by atoms with Gasteiger partial charge in [-0.3, -0.25) is 19.7 Å². The van der Waals surface area contributed by atoms with E-state index in [0.29, 0.717) is 18.0 Å². The van der Waals surface area contributed by atoms with Crippen LogP contribution >= 0.6 is 0 Å². The maximum Gasteiger partial charge on any atom is 0.253 e. The smallest absolute Gasteiger partial charge is 0.253 e. The van der Waals surface area contributed by atoms with Crippen molar-refractivity contribution in [3.8, 4) is 0 Å². The highest BCUT2D eigenvalue weighted by Crippen LogP contribution is 2.30. The maximum absolute atomic E-state index is 13.0. The van der Waals surface area contributed by atoms with Gasteiger partial charge in [0.15, 0.2) is 0 Å². The molecule has 1 N–H and O–H groups in total. The lowest BCUT2D eigenvalue weighted by atomic mass is 9.89. The number of carbonyl (C=O) groups excluding carboxylic acids is 1. The molecule has 0 atom stereocenters. The van der Waals surface area contributed by atoms with Gasteiger partial charge in [0.05, 0.1) is 11.3 Å². The van der Waals surface area contributed by atoms with Crippen LogP contribution in [0.15, 0.2) is 60.9 Å². The van der Waals surface area contributed by atoms with Gasteiger partial charge in [0.25, 0.3) is 5.91 Å². The van der Waals surface area contributed by atoms with Crippen LogP contribution in [0.3, 0.4) is 0 Å². The van der Waals surface area contributed by atoms with Gasteiger partial charge in [-0.15, -0.1) is 0 Å². The van der Waals surface area contributed by atoms with Crippen LogP contribution < -0.4 is 5.32 Å². The zero-order valence-electron chi connectivity index (χ0n) is 18.3. The van der Waals surface area contributed by atoms with Crippen LogP contribution in [-0.4, -0.2) is 33.9 Å². The summed E-state index contributed by atoms with van der Waals surface area (Å²) in [4.78, 5) is 24.5. The van der Waals surface area contributed by atoms with Crippen molar-refractivity contribution in [3.05, 3.63) is 94.6 Å². The molecule has 1 aliphatic heterocycles. The number of likely N-dealkylation sites (tertiary alicyclic amines) is 1. The first-order valence-electron chi connectivity index (χ1n) is 11.0. The van der Waals surface area contributed by atoms with Crippen molar-refractivity contribution in [2.45, 2.75) is 45.7 Å². The number of aromatic nitrogens is 2. The van der Waals surface area contributed by atoms with Crippen LogP contribution in [0.1, 0.15) is 57.2 Å². The lowest BCUT2D eigenvalue weighted by Crippen LogP contribution is -2.34. The summed E-state index contributed by atoms with van der Waals surface area (Å²) >= 11 is 0. The Hall–Kier alpha value is -3.05. The molecular weight excluding hydrogens is 384 g/mol. The third kappa shape index (κ3) is 5.56. The molecule has 31 heavy (non-hydrogen) atoms. The average Bonchev–Trinajstić information content (AvgIpc) is 2.80. The number of amides is 1. The molecule has 2 aromatic heterocycles. The molecule has 5 heteroatoms. The van der Waals surface area contributed by atoms with Gasteiger partial charge < -0.3 is 5.32 Å². The quantitative estimate of drug-likeness (QED) is 0.649. The Morgan fingerprint density at radius 3 is 2.52 bits per heavy atom. The zero-order valence-corrected chi connectivity index (χ0v) is 18.3. The zero-order chi connectivity index (χ0) is 21.6. The lowest BCUT2D eigenvalue weighted by Gasteiger charge is -2.32. The molecule has 1 saturated heterocycles. The van der Waals surface area contributed by atoms with Crippen molar-refractivity contribution < 1.29 is 4.79 Å². The van der Waals surface area contributed by atoms with Crippen LogP contribution in [0, 0.1) is 13.8 Å². The van der Waals surface area contributed by atoms with Crippen LogP contribution in [-0.2, 0) is 13.1 Å². The Bertz CT molecular complexity index is 1010. The Labute approximate surface area is 184 Å². The minimum Gasteiger partial charge on any atom is -0.348 e. The molecule has 3 heterocycles. The van der Waals surface area contributed by atoms with Gasteiger partial charge in [-0.2, -0.15) is 0 Å². The largest absolute Gasteiger partial charge is 0.348 e. The molecule has 1 fully saturated rings. The van der Waals surface area contributed by atoms with Gasteiger partial charge in [-0.05, 0) is 69.1 Å². The summed E-state index contributed by atoms with van der Waals surface area (Å²) in [6, 6.07) is 16.2. The predicted molar refractivity (Wildman–Crippen MR) is 123 cm³/mol. The van der Waals surface area contributed by atoms with Gasteiger partial charge in [-0.25, -0.2) is 0 Å². The topological polar surface area (TPSA) is 58.1 Å². The SMILES string of the molecule is Cc1ccc(CNC(=O)c2ccc(C)nc2C2CCN(Cc3cccnc3)CC2)cc1. The van der Waals surface area contributed by atoms with Crippen LogP contribution in [0.25, 0.3) is 0 Å². The standard InChI is InChI=1S/C26H30N4O/c1-19-5-8-21(9-6-19)17-28-26(31)24-10-7-20(2)29-25(24)23-11-14-30(15-12-23)18-22-4-3-13-27-16-22/h3-10,13,16,23H,11-12,14-15,17-18H2,1-2H3,(H,28,31). The maximum atomic E-state index is 13.0. The normalized spacial score (nSPS) is 15.0. The molecule has 160 valence electrons. The van der Waals surface area contributed by atoms with Gasteiger partial charge in [0, 0.05) is 37.1 Å². The van der Waals surface area contributed by atoms with E-state index in [2.05, 4.69) is 52.5 Å². The summed E-state index contributed by atoms with van der Waals surface area (Å²) in [7, 11) is 0. The number of pyridine rings is 2. The van der Waals surface area contributed by atoms with E-state index in [0.717, 1.165) is 49.4 Å². The third-order valence-electron chi connectivity index (χ3n) is 5.99. The molecule has 0 spiro atoms. The summed E-state index contributed by atoms with van der Waals surface area (Å²) in [5.41, 5.74) is 6.18. The van der Waals surface area contributed by atoms with Crippen LogP contribution in [0.4, 0.5) is 0 Å². The molecule has 1 aliphatic rings. The number of nitrogens with one attached hydrogen (secondary N) is 1. The fourth-order valence-electron chi connectivity index (χ4n) is 4.18. The Morgan fingerprint density at radius 2 is 1.81 bits per heavy atom. The van der Waals surface area contributed by atoms with Gasteiger partial charge in [0.1, 0.15) is 0 Å². The fraction of sp³-hybridized carbons (Fsp3) is 0.346. The van der Waals surface area contributed by atoms with E-state index in [-0.39, 0.29) is 5.91 Å². The van der Waals surface area contributed by atoms with Crippen LogP contribution in [0.5, 0.6) is 0 Å². The van der Waals surface area contributed by atoms with E-state index >= 15 is 0 Å². The summed E-state index contributed by atoms with van der Waals surface area (Å²) in [5, 5.41) is 3.08. The molecule has 1 amide bonds. The second kappa shape index (κ2) is 9.84. The number of carbonyl (C=O) groups is 1. The summed E-state index contributed by atoms with van der Waals surface area (Å²) in [5.74, 6) is 0.269. The monoisotopic (exact) mass is 414 g/mol. The van der Waals surface area contributed by atoms with E-state index in [1.54, 1.807) is 0 Å². The first-order chi connectivity index (χ1) is 15.1. The summed E-state index contributed by atoms with van der Waals surface area (Å²) < 4.78 is 0. The Balaban J connectivity index is 1.41. The molecule has 0 bridgehead atoms. The van der Waals surface area contributed by atoms with Crippen molar-refractivity contribution in [1.82, 2.24) is 20.2 Å². The number of rotatable bonds is 6. The Morgan fingerprint density at radius 1 is 1.03 bits per heavy atom. The van der Waals surface area contributed by atoms with E-state index < -0.39 is 0 Å².